The van der Waals surface area contributed by atoms with Crippen molar-refractivity contribution in [1.29, 1.82) is 0 Å². The van der Waals surface area contributed by atoms with Gasteiger partial charge in [-0.2, -0.15) is 0 Å². The highest BCUT2D eigenvalue weighted by atomic mass is 35.5. The third-order valence-corrected chi connectivity index (χ3v) is 11.3. The maximum absolute atomic E-state index is 13.9. The molecule has 2 amide bonds. The molecule has 46 heavy (non-hydrogen) atoms. The van der Waals surface area contributed by atoms with E-state index in [0.29, 0.717) is 47.7 Å². The van der Waals surface area contributed by atoms with Crippen LogP contribution in [-0.4, -0.2) is 48.6 Å². The van der Waals surface area contributed by atoms with Crippen LogP contribution in [0.3, 0.4) is 0 Å². The third-order valence-electron chi connectivity index (χ3n) is 8.39. The number of carbonyl (C=O) groups is 4. The molecule has 2 aromatic heterocycles. The summed E-state index contributed by atoms with van der Waals surface area (Å²) in [6.45, 7) is 11.5. The molecule has 4 heterocycles. The number of thiophene rings is 2. The molecule has 240 valence electrons. The van der Waals surface area contributed by atoms with Crippen molar-refractivity contribution in [2.24, 2.45) is 0 Å². The number of amides is 2. The quantitative estimate of drug-likeness (QED) is 0.0802. The summed E-state index contributed by atoms with van der Waals surface area (Å²) in [7, 11) is 0. The van der Waals surface area contributed by atoms with Gasteiger partial charge in [-0.05, 0) is 32.4 Å². The lowest BCUT2D eigenvalue weighted by Gasteiger charge is -2.21. The number of hydrogen-bond donors (Lipinski definition) is 0. The van der Waals surface area contributed by atoms with Gasteiger partial charge in [-0.15, -0.1) is 45.9 Å². The highest BCUT2D eigenvalue weighted by Gasteiger charge is 2.38. The van der Waals surface area contributed by atoms with Crippen LogP contribution >= 0.6 is 45.9 Å². The Morgan fingerprint density at radius 2 is 1.24 bits per heavy atom. The van der Waals surface area contributed by atoms with Crippen molar-refractivity contribution in [3.8, 4) is 11.5 Å². The summed E-state index contributed by atoms with van der Waals surface area (Å²) < 4.78 is 13.0. The van der Waals surface area contributed by atoms with Crippen molar-refractivity contribution in [2.75, 3.05) is 34.6 Å². The minimum absolute atomic E-state index is 0.0465. The third kappa shape index (κ3) is 5.70. The fourth-order valence-electron chi connectivity index (χ4n) is 6.49. The molecule has 0 N–H and O–H groups in total. The summed E-state index contributed by atoms with van der Waals surface area (Å²) >= 11 is 16.0. The van der Waals surface area contributed by atoms with Crippen LogP contribution in [0.1, 0.15) is 59.4 Å². The van der Waals surface area contributed by atoms with Gasteiger partial charge in [0.15, 0.2) is 0 Å². The van der Waals surface area contributed by atoms with E-state index in [1.54, 1.807) is 44.6 Å². The Morgan fingerprint density at radius 1 is 0.783 bits per heavy atom. The van der Waals surface area contributed by atoms with Crippen LogP contribution in [0.5, 0.6) is 11.5 Å². The molecule has 0 fully saturated rings. The maximum Gasteiger partial charge on any atom is 0.308 e. The minimum Gasteiger partial charge on any atom is -0.426 e. The molecular formula is C34H32Cl2N2O6S2. The van der Waals surface area contributed by atoms with Crippen LogP contribution < -0.4 is 19.3 Å². The highest BCUT2D eigenvalue weighted by molar-refractivity contribution is 7.19. The van der Waals surface area contributed by atoms with E-state index in [4.69, 9.17) is 32.7 Å². The number of esters is 2. The normalized spacial score (nSPS) is 17.0. The fraction of sp³-hybridized carbons (Fsp3) is 0.353. The monoisotopic (exact) mass is 698 g/mol. The molecule has 0 saturated heterocycles. The van der Waals surface area contributed by atoms with Gasteiger partial charge in [0.1, 0.15) is 11.5 Å². The zero-order valence-corrected chi connectivity index (χ0v) is 29.0. The lowest BCUT2D eigenvalue weighted by molar-refractivity contribution is -0.132. The summed E-state index contributed by atoms with van der Waals surface area (Å²) in [5, 5.41) is 1.64. The van der Waals surface area contributed by atoms with Gasteiger partial charge < -0.3 is 19.3 Å². The van der Waals surface area contributed by atoms with E-state index in [2.05, 4.69) is 6.58 Å². The number of alkyl halides is 2. The largest absolute Gasteiger partial charge is 0.426 e. The number of nitrogens with zero attached hydrogens (tertiary/aromatic N) is 2. The second-order valence-electron chi connectivity index (χ2n) is 11.7. The number of fused-ring (bicyclic) bond motifs is 6. The maximum atomic E-state index is 13.9. The Bertz CT molecular complexity index is 1960. The number of hydrogen-bond acceptors (Lipinski definition) is 8. The van der Waals surface area contributed by atoms with Gasteiger partial charge in [0, 0.05) is 116 Å². The van der Waals surface area contributed by atoms with Gasteiger partial charge in [-0.3, -0.25) is 19.2 Å². The van der Waals surface area contributed by atoms with Crippen molar-refractivity contribution in [1.82, 2.24) is 0 Å². The molecule has 0 saturated carbocycles. The Kier molecular flexibility index (Phi) is 8.93. The predicted octanol–water partition coefficient (Wildman–Crippen LogP) is 7.96. The van der Waals surface area contributed by atoms with Crippen LogP contribution in [-0.2, 0) is 19.2 Å². The van der Waals surface area contributed by atoms with Crippen LogP contribution in [0.4, 0.5) is 11.4 Å². The van der Waals surface area contributed by atoms with E-state index in [9.17, 15) is 19.2 Å². The molecule has 2 aliphatic heterocycles. The van der Waals surface area contributed by atoms with Crippen molar-refractivity contribution in [3.63, 3.8) is 0 Å². The molecule has 0 aliphatic carbocycles. The molecule has 0 unspecified atom stereocenters. The first-order valence-corrected chi connectivity index (χ1v) is 17.5. The molecule has 2 aromatic carbocycles. The van der Waals surface area contributed by atoms with Gasteiger partial charge >= 0.3 is 11.9 Å². The number of carbonyl (C=O) groups excluding carboxylic acids is 4. The second kappa shape index (κ2) is 12.6. The van der Waals surface area contributed by atoms with Crippen molar-refractivity contribution < 1.29 is 28.7 Å². The van der Waals surface area contributed by atoms with Crippen molar-refractivity contribution in [3.05, 3.63) is 57.3 Å². The Hall–Kier alpha value is -3.44. The smallest absolute Gasteiger partial charge is 0.308 e. The van der Waals surface area contributed by atoms with Gasteiger partial charge in [0.2, 0.25) is 5.91 Å². The SMILES string of the molecule is C=C(CCC(=O)N1C[C@@H](CCl)c2c1cc(OC(C)=O)c1cc(C)sc21)C(=O)N1C[C@@H](CCl)c2c1cc(OC(C)=O)c1cc(C)sc21. The second-order valence-corrected chi connectivity index (χ2v) is 14.9. The van der Waals surface area contributed by atoms with Gasteiger partial charge in [-0.25, -0.2) is 0 Å². The lowest BCUT2D eigenvalue weighted by Crippen LogP contribution is -2.33. The van der Waals surface area contributed by atoms with E-state index >= 15 is 0 Å². The zero-order valence-electron chi connectivity index (χ0n) is 25.8. The molecule has 4 aromatic rings. The summed E-state index contributed by atoms with van der Waals surface area (Å²) in [6.07, 6.45) is 0.186. The van der Waals surface area contributed by atoms with Gasteiger partial charge in [0.05, 0.1) is 11.4 Å². The zero-order chi connectivity index (χ0) is 33.0. The average molecular weight is 700 g/mol. The van der Waals surface area contributed by atoms with Gasteiger partial charge in [0.25, 0.3) is 5.91 Å². The van der Waals surface area contributed by atoms with E-state index in [1.165, 1.54) is 13.8 Å². The molecule has 8 nitrogen and oxygen atoms in total. The first-order valence-electron chi connectivity index (χ1n) is 14.8. The molecule has 2 aliphatic rings. The first kappa shape index (κ1) is 32.5. The van der Waals surface area contributed by atoms with Crippen molar-refractivity contribution >= 4 is 101 Å². The van der Waals surface area contributed by atoms with Crippen LogP contribution in [0.15, 0.2) is 36.4 Å². The summed E-state index contributed by atoms with van der Waals surface area (Å²) in [4.78, 5) is 56.8. The topological polar surface area (TPSA) is 93.2 Å². The van der Waals surface area contributed by atoms with Crippen LogP contribution in [0.2, 0.25) is 0 Å². The summed E-state index contributed by atoms with van der Waals surface area (Å²) in [6, 6.07) is 7.44. The predicted molar refractivity (Wildman–Crippen MR) is 186 cm³/mol. The van der Waals surface area contributed by atoms with Crippen LogP contribution in [0.25, 0.3) is 20.2 Å². The lowest BCUT2D eigenvalue weighted by atomic mass is 10.0. The number of benzene rings is 2. The standard InChI is InChI=1S/C34H32Cl2N2O6S2/c1-16(34(42)38-15-22(13-36)31-26(38)11-28(44-20(5)40)24-9-18(3)46-33(24)31)6-7-29(41)37-14-21(12-35)30-25(37)10-27(43-19(4)39)23-8-17(2)45-32(23)30/h8-11,21-22H,1,6-7,12-15H2,2-5H3/t21-,22-/m1/s1. The molecule has 6 rings (SSSR count). The number of anilines is 2. The van der Waals surface area contributed by atoms with E-state index in [0.717, 1.165) is 41.1 Å². The molecule has 0 radical (unpaired) electrons. The molecule has 2 atom stereocenters. The van der Waals surface area contributed by atoms with E-state index in [-0.39, 0.29) is 42.1 Å². The fourth-order valence-corrected chi connectivity index (χ4v) is 9.29. The molecule has 0 spiro atoms. The van der Waals surface area contributed by atoms with Crippen LogP contribution in [0, 0.1) is 13.8 Å². The summed E-state index contributed by atoms with van der Waals surface area (Å²) in [5.41, 5.74) is 3.52. The number of halogens is 2. The Balaban J connectivity index is 1.25. The van der Waals surface area contributed by atoms with Crippen molar-refractivity contribution in [2.45, 2.75) is 52.4 Å². The number of ether oxygens (including phenoxy) is 2. The average Bonchev–Trinajstić information content (AvgIpc) is 3.76. The first-order chi connectivity index (χ1) is 21.9. The minimum atomic E-state index is -0.451. The molecular weight excluding hydrogens is 667 g/mol. The molecule has 0 bridgehead atoms. The highest BCUT2D eigenvalue weighted by Crippen LogP contribution is 2.50. The van der Waals surface area contributed by atoms with E-state index in [1.807, 2.05) is 26.0 Å². The molecule has 12 heteroatoms. The van der Waals surface area contributed by atoms with E-state index < -0.39 is 11.9 Å². The number of rotatable bonds is 8. The summed E-state index contributed by atoms with van der Waals surface area (Å²) in [5.74, 6) is -0.157. The number of aryl methyl sites for hydroxylation is 2. The van der Waals surface area contributed by atoms with Gasteiger partial charge in [-0.1, -0.05) is 6.58 Å². The Morgan fingerprint density at radius 3 is 1.70 bits per heavy atom. The Labute approximate surface area is 284 Å².